The van der Waals surface area contributed by atoms with Crippen LogP contribution in [0.2, 0.25) is 0 Å². The molecule has 5 nitrogen and oxygen atoms in total. The number of hydrogen-bond donors (Lipinski definition) is 0. The first kappa shape index (κ1) is 17.4. The summed E-state index contributed by atoms with van der Waals surface area (Å²) in [4.78, 5) is 27.3. The van der Waals surface area contributed by atoms with Gasteiger partial charge in [-0.05, 0) is 45.7 Å². The number of carbonyl (C=O) groups is 2. The molecule has 1 aromatic rings. The van der Waals surface area contributed by atoms with E-state index in [2.05, 4.69) is 0 Å². The second-order valence-corrected chi connectivity index (χ2v) is 8.84. The van der Waals surface area contributed by atoms with Crippen molar-refractivity contribution in [2.75, 3.05) is 13.2 Å². The van der Waals surface area contributed by atoms with Crippen molar-refractivity contribution in [3.05, 3.63) is 21.4 Å². The number of aldehydes is 1. The molecule has 0 bridgehead atoms. The number of carbonyl (C=O) groups excluding carboxylic acids is 2. The summed E-state index contributed by atoms with van der Waals surface area (Å²) in [6, 6.07) is 2.00. The lowest BCUT2D eigenvalue weighted by Gasteiger charge is -2.47. The second-order valence-electron chi connectivity index (χ2n) is 7.67. The van der Waals surface area contributed by atoms with E-state index in [1.807, 2.05) is 33.8 Å². The lowest BCUT2D eigenvalue weighted by molar-refractivity contribution is -0.110. The van der Waals surface area contributed by atoms with Crippen LogP contribution >= 0.6 is 11.3 Å². The Hall–Kier alpha value is -1.40. The van der Waals surface area contributed by atoms with Crippen LogP contribution in [0.15, 0.2) is 6.07 Å². The third-order valence-electron chi connectivity index (χ3n) is 4.68. The van der Waals surface area contributed by atoms with Crippen molar-refractivity contribution in [2.24, 2.45) is 0 Å². The Morgan fingerprint density at radius 3 is 2.88 bits per heavy atom. The average molecular weight is 351 g/mol. The fourth-order valence-electron chi connectivity index (χ4n) is 3.67. The summed E-state index contributed by atoms with van der Waals surface area (Å²) in [5.74, 6) is 0. The summed E-state index contributed by atoms with van der Waals surface area (Å²) in [5, 5.41) is 0. The molecule has 2 atom stereocenters. The van der Waals surface area contributed by atoms with Crippen LogP contribution in [0.1, 0.15) is 60.6 Å². The van der Waals surface area contributed by atoms with Crippen LogP contribution in [0, 0.1) is 0 Å². The molecule has 0 aromatic carbocycles. The lowest BCUT2D eigenvalue weighted by Crippen LogP contribution is -2.53. The molecule has 132 valence electrons. The van der Waals surface area contributed by atoms with Crippen LogP contribution < -0.4 is 0 Å². The van der Waals surface area contributed by atoms with Gasteiger partial charge in [0.15, 0.2) is 6.29 Å². The van der Waals surface area contributed by atoms with Crippen molar-refractivity contribution in [1.82, 2.24) is 4.90 Å². The van der Waals surface area contributed by atoms with Gasteiger partial charge >= 0.3 is 6.09 Å². The van der Waals surface area contributed by atoms with Gasteiger partial charge in [0, 0.05) is 30.3 Å². The van der Waals surface area contributed by atoms with Gasteiger partial charge in [-0.2, -0.15) is 0 Å². The normalized spacial score (nSPS) is 27.0. The van der Waals surface area contributed by atoms with Crippen LogP contribution in [0.3, 0.4) is 0 Å². The molecule has 3 heterocycles. The molecule has 3 rings (SSSR count). The van der Waals surface area contributed by atoms with Gasteiger partial charge in [0.05, 0.1) is 17.1 Å². The molecule has 1 aromatic heterocycles. The summed E-state index contributed by atoms with van der Waals surface area (Å²) in [6.07, 6.45) is 2.97. The summed E-state index contributed by atoms with van der Waals surface area (Å²) < 4.78 is 11.7. The zero-order chi connectivity index (χ0) is 17.5. The van der Waals surface area contributed by atoms with Gasteiger partial charge in [0.25, 0.3) is 0 Å². The standard InChI is InChI=1S/C18H25NO4S/c1-12-10-18(6-7-19(12)16(21)23-17(2,3)4)14-9-13(11-20)24-15(14)5-8-22-18/h9,11-12H,5-8,10H2,1-4H3. The number of rotatable bonds is 1. The Morgan fingerprint density at radius 1 is 1.50 bits per heavy atom. The molecule has 6 heteroatoms. The molecule has 2 unspecified atom stereocenters. The highest BCUT2D eigenvalue weighted by atomic mass is 32.1. The van der Waals surface area contributed by atoms with E-state index in [4.69, 9.17) is 9.47 Å². The molecule has 0 saturated carbocycles. The fourth-order valence-corrected chi connectivity index (χ4v) is 4.72. The Labute approximate surface area is 146 Å². The molecular weight excluding hydrogens is 326 g/mol. The quantitative estimate of drug-likeness (QED) is 0.723. The van der Waals surface area contributed by atoms with Crippen LogP contribution in [-0.2, 0) is 21.5 Å². The predicted molar refractivity (Wildman–Crippen MR) is 92.7 cm³/mol. The molecule has 1 fully saturated rings. The molecule has 0 aliphatic carbocycles. The van der Waals surface area contributed by atoms with Crippen molar-refractivity contribution in [1.29, 1.82) is 0 Å². The van der Waals surface area contributed by atoms with Gasteiger partial charge in [-0.15, -0.1) is 11.3 Å². The number of fused-ring (bicyclic) bond motifs is 2. The predicted octanol–water partition coefficient (Wildman–Crippen LogP) is 3.75. The Bertz CT molecular complexity index is 648. The molecule has 24 heavy (non-hydrogen) atoms. The van der Waals surface area contributed by atoms with Crippen molar-refractivity contribution < 1.29 is 19.1 Å². The van der Waals surface area contributed by atoms with Crippen LogP contribution in [0.25, 0.3) is 0 Å². The van der Waals surface area contributed by atoms with Crippen LogP contribution in [0.4, 0.5) is 4.79 Å². The van der Waals surface area contributed by atoms with Crippen molar-refractivity contribution in [3.8, 4) is 0 Å². The van der Waals surface area contributed by atoms with E-state index in [9.17, 15) is 9.59 Å². The Balaban J connectivity index is 1.80. The number of nitrogens with zero attached hydrogens (tertiary/aromatic N) is 1. The number of amides is 1. The maximum atomic E-state index is 12.4. The van der Waals surface area contributed by atoms with E-state index in [0.29, 0.717) is 13.2 Å². The molecule has 1 amide bonds. The SMILES string of the molecule is CC1CC2(CCN1C(=O)OC(C)(C)C)OCCc1sc(C=O)cc12. The van der Waals surface area contributed by atoms with Gasteiger partial charge in [-0.1, -0.05) is 0 Å². The first-order valence-electron chi connectivity index (χ1n) is 8.46. The number of ether oxygens (including phenoxy) is 2. The highest BCUT2D eigenvalue weighted by molar-refractivity contribution is 7.13. The van der Waals surface area contributed by atoms with Gasteiger partial charge in [0.2, 0.25) is 0 Å². The number of thiophene rings is 1. The second kappa shape index (κ2) is 6.15. The van der Waals surface area contributed by atoms with Crippen LogP contribution in [-0.4, -0.2) is 42.1 Å². The van der Waals surface area contributed by atoms with E-state index < -0.39 is 5.60 Å². The summed E-state index contributed by atoms with van der Waals surface area (Å²) in [6.45, 7) is 8.94. The van der Waals surface area contributed by atoms with E-state index in [-0.39, 0.29) is 17.7 Å². The summed E-state index contributed by atoms with van der Waals surface area (Å²) in [7, 11) is 0. The molecule has 1 saturated heterocycles. The van der Waals surface area contributed by atoms with E-state index >= 15 is 0 Å². The molecule has 0 radical (unpaired) electrons. The fraction of sp³-hybridized carbons (Fsp3) is 0.667. The molecule has 0 N–H and O–H groups in total. The van der Waals surface area contributed by atoms with Crippen molar-refractivity contribution in [2.45, 2.75) is 64.2 Å². The van der Waals surface area contributed by atoms with Crippen molar-refractivity contribution in [3.63, 3.8) is 0 Å². The van der Waals surface area contributed by atoms with E-state index in [1.165, 1.54) is 4.88 Å². The van der Waals surface area contributed by atoms with Gasteiger partial charge < -0.3 is 14.4 Å². The maximum absolute atomic E-state index is 12.4. The first-order chi connectivity index (χ1) is 11.2. The van der Waals surface area contributed by atoms with Crippen LogP contribution in [0.5, 0.6) is 0 Å². The topological polar surface area (TPSA) is 55.8 Å². The highest BCUT2D eigenvalue weighted by Crippen LogP contribution is 2.46. The largest absolute Gasteiger partial charge is 0.444 e. The Kier molecular flexibility index (Phi) is 4.47. The first-order valence-corrected chi connectivity index (χ1v) is 9.28. The summed E-state index contributed by atoms with van der Waals surface area (Å²) >= 11 is 1.57. The minimum absolute atomic E-state index is 0.0270. The Morgan fingerprint density at radius 2 is 2.25 bits per heavy atom. The third-order valence-corrected chi connectivity index (χ3v) is 5.80. The van der Waals surface area contributed by atoms with Crippen molar-refractivity contribution >= 4 is 23.7 Å². The zero-order valence-electron chi connectivity index (χ0n) is 14.8. The van der Waals surface area contributed by atoms with Gasteiger partial charge in [0.1, 0.15) is 5.60 Å². The highest BCUT2D eigenvalue weighted by Gasteiger charge is 2.46. The minimum Gasteiger partial charge on any atom is -0.444 e. The number of likely N-dealkylation sites (tertiary alicyclic amines) is 1. The number of hydrogen-bond acceptors (Lipinski definition) is 5. The molecule has 1 spiro atoms. The third kappa shape index (κ3) is 3.22. The smallest absolute Gasteiger partial charge is 0.410 e. The average Bonchev–Trinajstić information content (AvgIpc) is 2.90. The molecular formula is C18H25NO4S. The van der Waals surface area contributed by atoms with Gasteiger partial charge in [-0.25, -0.2) is 4.79 Å². The van der Waals surface area contributed by atoms with E-state index in [1.54, 1.807) is 16.2 Å². The minimum atomic E-state index is -0.493. The molecule has 2 aliphatic heterocycles. The van der Waals surface area contributed by atoms with Gasteiger partial charge in [-0.3, -0.25) is 4.79 Å². The molecule has 2 aliphatic rings. The zero-order valence-corrected chi connectivity index (χ0v) is 15.6. The summed E-state index contributed by atoms with van der Waals surface area (Å²) in [5.41, 5.74) is 0.284. The monoisotopic (exact) mass is 351 g/mol. The number of piperidine rings is 1. The van der Waals surface area contributed by atoms with E-state index in [0.717, 1.165) is 36.0 Å². The maximum Gasteiger partial charge on any atom is 0.410 e. The lowest BCUT2D eigenvalue weighted by atomic mass is 9.79.